The van der Waals surface area contributed by atoms with Crippen molar-refractivity contribution in [2.45, 2.75) is 31.8 Å². The van der Waals surface area contributed by atoms with E-state index in [0.29, 0.717) is 6.42 Å². The molecule has 1 unspecified atom stereocenters. The normalized spacial score (nSPS) is 18.7. The number of nitrogens with one attached hydrogen (secondary N) is 1. The maximum absolute atomic E-state index is 14.1. The Kier molecular flexibility index (Phi) is 5.77. The van der Waals surface area contributed by atoms with Crippen molar-refractivity contribution in [1.82, 2.24) is 10.2 Å². The molecule has 1 aliphatic heterocycles. The standard InChI is InChI=1S/C16H24BrFN2O/c1-16(2,20-6-8-21-9-7-20)15(19-3)10-12-4-5-13(17)11-14(12)18/h4-5,11,15,19H,6-10H2,1-3H3. The molecule has 1 heterocycles. The van der Waals surface area contributed by atoms with Crippen LogP contribution in [-0.2, 0) is 11.2 Å². The van der Waals surface area contributed by atoms with Crippen LogP contribution in [0.5, 0.6) is 0 Å². The largest absolute Gasteiger partial charge is 0.379 e. The molecular formula is C16H24BrFN2O. The molecule has 1 aromatic rings. The van der Waals surface area contributed by atoms with Crippen molar-refractivity contribution >= 4 is 15.9 Å². The summed E-state index contributed by atoms with van der Waals surface area (Å²) in [5.74, 6) is -0.151. The summed E-state index contributed by atoms with van der Waals surface area (Å²) in [6, 6.07) is 5.46. The van der Waals surface area contributed by atoms with E-state index >= 15 is 0 Å². The van der Waals surface area contributed by atoms with Gasteiger partial charge in [0.15, 0.2) is 0 Å². The first-order valence-corrected chi connectivity index (χ1v) is 8.18. The fourth-order valence-corrected chi connectivity index (χ4v) is 3.31. The molecule has 0 aliphatic carbocycles. The Morgan fingerprint density at radius 3 is 2.62 bits per heavy atom. The highest BCUT2D eigenvalue weighted by atomic mass is 79.9. The molecule has 21 heavy (non-hydrogen) atoms. The Morgan fingerprint density at radius 2 is 2.05 bits per heavy atom. The van der Waals surface area contributed by atoms with Crippen LogP contribution in [0, 0.1) is 5.82 Å². The summed E-state index contributed by atoms with van der Waals surface area (Å²) in [7, 11) is 1.95. The van der Waals surface area contributed by atoms with Crippen molar-refractivity contribution in [3.8, 4) is 0 Å². The molecule has 0 spiro atoms. The minimum Gasteiger partial charge on any atom is -0.379 e. The summed E-state index contributed by atoms with van der Waals surface area (Å²) < 4.78 is 20.3. The lowest BCUT2D eigenvalue weighted by molar-refractivity contribution is -0.0224. The van der Waals surface area contributed by atoms with Crippen LogP contribution in [0.25, 0.3) is 0 Å². The molecular weight excluding hydrogens is 335 g/mol. The number of morpholine rings is 1. The van der Waals surface area contributed by atoms with Gasteiger partial charge in [0, 0.05) is 29.1 Å². The van der Waals surface area contributed by atoms with E-state index in [0.717, 1.165) is 36.3 Å². The van der Waals surface area contributed by atoms with Crippen molar-refractivity contribution in [2.75, 3.05) is 33.4 Å². The fourth-order valence-electron chi connectivity index (χ4n) is 2.97. The Labute approximate surface area is 135 Å². The molecule has 118 valence electrons. The summed E-state index contributed by atoms with van der Waals surface area (Å²) in [5, 5.41) is 3.37. The van der Waals surface area contributed by atoms with Gasteiger partial charge in [-0.05, 0) is 45.0 Å². The second kappa shape index (κ2) is 7.18. The molecule has 1 aromatic carbocycles. The molecule has 1 atom stereocenters. The average Bonchev–Trinajstić information content (AvgIpc) is 2.47. The maximum Gasteiger partial charge on any atom is 0.127 e. The van der Waals surface area contributed by atoms with E-state index in [1.165, 1.54) is 6.07 Å². The van der Waals surface area contributed by atoms with Crippen molar-refractivity contribution in [2.24, 2.45) is 0 Å². The average molecular weight is 359 g/mol. The van der Waals surface area contributed by atoms with Crippen molar-refractivity contribution in [1.29, 1.82) is 0 Å². The summed E-state index contributed by atoms with van der Waals surface area (Å²) in [5.41, 5.74) is 0.691. The van der Waals surface area contributed by atoms with Crippen LogP contribution >= 0.6 is 15.9 Å². The number of rotatable bonds is 5. The minimum absolute atomic E-state index is 0.0575. The number of benzene rings is 1. The van der Waals surface area contributed by atoms with Crippen LogP contribution in [-0.4, -0.2) is 49.8 Å². The SMILES string of the molecule is CNC(Cc1ccc(Br)cc1F)C(C)(C)N1CCOCC1. The van der Waals surface area contributed by atoms with E-state index in [9.17, 15) is 4.39 Å². The monoisotopic (exact) mass is 358 g/mol. The van der Waals surface area contributed by atoms with Crippen LogP contribution < -0.4 is 5.32 Å². The van der Waals surface area contributed by atoms with Crippen molar-refractivity contribution in [3.63, 3.8) is 0 Å². The third-order valence-electron chi connectivity index (χ3n) is 4.47. The molecule has 1 N–H and O–H groups in total. The van der Waals surface area contributed by atoms with Gasteiger partial charge in [-0.1, -0.05) is 22.0 Å². The van der Waals surface area contributed by atoms with Crippen LogP contribution in [0.15, 0.2) is 22.7 Å². The first kappa shape index (κ1) is 16.9. The molecule has 5 heteroatoms. The zero-order valence-electron chi connectivity index (χ0n) is 13.0. The first-order valence-electron chi connectivity index (χ1n) is 7.39. The van der Waals surface area contributed by atoms with Gasteiger partial charge in [0.25, 0.3) is 0 Å². The highest BCUT2D eigenvalue weighted by molar-refractivity contribution is 9.10. The van der Waals surface area contributed by atoms with Crippen molar-refractivity contribution in [3.05, 3.63) is 34.1 Å². The van der Waals surface area contributed by atoms with Gasteiger partial charge < -0.3 is 10.1 Å². The highest BCUT2D eigenvalue weighted by Crippen LogP contribution is 2.25. The Morgan fingerprint density at radius 1 is 1.38 bits per heavy atom. The molecule has 2 rings (SSSR count). The maximum atomic E-state index is 14.1. The van der Waals surface area contributed by atoms with E-state index in [-0.39, 0.29) is 17.4 Å². The number of hydrogen-bond acceptors (Lipinski definition) is 3. The lowest BCUT2D eigenvalue weighted by atomic mass is 9.87. The Bertz CT molecular complexity index is 475. The molecule has 0 aromatic heterocycles. The van der Waals surface area contributed by atoms with E-state index < -0.39 is 0 Å². The van der Waals surface area contributed by atoms with Gasteiger partial charge in [-0.15, -0.1) is 0 Å². The van der Waals surface area contributed by atoms with Crippen LogP contribution in [0.3, 0.4) is 0 Å². The van der Waals surface area contributed by atoms with Crippen LogP contribution in [0.2, 0.25) is 0 Å². The molecule has 0 radical (unpaired) electrons. The van der Waals surface area contributed by atoms with Gasteiger partial charge in [0.05, 0.1) is 13.2 Å². The molecule has 1 aliphatic rings. The summed E-state index contributed by atoms with van der Waals surface area (Å²) >= 11 is 3.30. The quantitative estimate of drug-likeness (QED) is 0.875. The Hall–Kier alpha value is -0.490. The predicted molar refractivity (Wildman–Crippen MR) is 87.1 cm³/mol. The van der Waals surface area contributed by atoms with E-state index in [2.05, 4.69) is 40.0 Å². The number of hydrogen-bond donors (Lipinski definition) is 1. The molecule has 3 nitrogen and oxygen atoms in total. The summed E-state index contributed by atoms with van der Waals surface area (Å²) in [6.45, 7) is 7.83. The molecule has 0 saturated carbocycles. The lowest BCUT2D eigenvalue weighted by Crippen LogP contribution is -2.60. The van der Waals surface area contributed by atoms with Gasteiger partial charge in [-0.2, -0.15) is 0 Å². The molecule has 0 amide bonds. The summed E-state index contributed by atoms with van der Waals surface area (Å²) in [6.07, 6.45) is 0.667. The molecule has 1 fully saturated rings. The number of ether oxygens (including phenoxy) is 1. The Balaban J connectivity index is 2.14. The van der Waals surface area contributed by atoms with Crippen LogP contribution in [0.1, 0.15) is 19.4 Å². The van der Waals surface area contributed by atoms with E-state index in [1.54, 1.807) is 0 Å². The van der Waals surface area contributed by atoms with Gasteiger partial charge >= 0.3 is 0 Å². The number of nitrogens with zero attached hydrogens (tertiary/aromatic N) is 1. The topological polar surface area (TPSA) is 24.5 Å². The zero-order chi connectivity index (χ0) is 15.5. The first-order chi connectivity index (χ1) is 9.95. The molecule has 1 saturated heterocycles. The third-order valence-corrected chi connectivity index (χ3v) is 4.96. The van der Waals surface area contributed by atoms with Gasteiger partial charge in [0.1, 0.15) is 5.82 Å². The smallest absolute Gasteiger partial charge is 0.127 e. The second-order valence-electron chi connectivity index (χ2n) is 6.03. The van der Waals surface area contributed by atoms with Crippen LogP contribution in [0.4, 0.5) is 4.39 Å². The summed E-state index contributed by atoms with van der Waals surface area (Å²) in [4.78, 5) is 2.43. The van der Waals surface area contributed by atoms with Gasteiger partial charge in [-0.25, -0.2) is 4.39 Å². The van der Waals surface area contributed by atoms with E-state index in [1.807, 2.05) is 19.2 Å². The zero-order valence-corrected chi connectivity index (χ0v) is 14.5. The lowest BCUT2D eigenvalue weighted by Gasteiger charge is -2.46. The molecule has 0 bridgehead atoms. The van der Waals surface area contributed by atoms with Gasteiger partial charge in [0.2, 0.25) is 0 Å². The highest BCUT2D eigenvalue weighted by Gasteiger charge is 2.35. The van der Waals surface area contributed by atoms with Crippen molar-refractivity contribution < 1.29 is 9.13 Å². The van der Waals surface area contributed by atoms with E-state index in [4.69, 9.17) is 4.74 Å². The fraction of sp³-hybridized carbons (Fsp3) is 0.625. The number of halogens is 2. The predicted octanol–water partition coefficient (Wildman–Crippen LogP) is 2.83. The second-order valence-corrected chi connectivity index (χ2v) is 6.95. The third kappa shape index (κ3) is 4.03. The number of likely N-dealkylation sites (N-methyl/N-ethyl adjacent to an activating group) is 1. The van der Waals surface area contributed by atoms with Gasteiger partial charge in [-0.3, -0.25) is 4.90 Å². The minimum atomic E-state index is -0.151.